The first kappa shape index (κ1) is 13.6. The fraction of sp³-hybridized carbons (Fsp3) is 0.222. The summed E-state index contributed by atoms with van der Waals surface area (Å²) in [5.41, 5.74) is 1.97. The first-order chi connectivity index (χ1) is 9.11. The molecule has 2 aromatic rings. The molecule has 0 saturated heterocycles. The topological polar surface area (TPSA) is 121 Å². The molecule has 0 aromatic carbocycles. The predicted octanol–water partition coefficient (Wildman–Crippen LogP) is -1.26. The third-order valence-corrected chi connectivity index (χ3v) is 3.07. The first-order valence-corrected chi connectivity index (χ1v) is 6.30. The summed E-state index contributed by atoms with van der Waals surface area (Å²) in [5, 5.41) is 7.42. The molecule has 2 aromatic heterocycles. The van der Waals surface area contributed by atoms with E-state index in [4.69, 9.17) is 5.84 Å². The predicted molar refractivity (Wildman–Crippen MR) is 72.9 cm³/mol. The number of nitrogens with two attached hydrogens (primary N) is 1. The molecule has 0 fully saturated rings. The van der Waals surface area contributed by atoms with Crippen LogP contribution in [0.3, 0.4) is 0 Å². The van der Waals surface area contributed by atoms with E-state index in [1.165, 1.54) is 28.0 Å². The molecule has 0 unspecified atom stereocenters. The maximum absolute atomic E-state index is 11.7. The van der Waals surface area contributed by atoms with Gasteiger partial charge in [-0.25, -0.2) is 15.5 Å². The van der Waals surface area contributed by atoms with E-state index < -0.39 is 5.91 Å². The maximum atomic E-state index is 11.7. The van der Waals surface area contributed by atoms with Gasteiger partial charge in [-0.15, -0.1) is 5.10 Å². The molecule has 3 N–H and O–H groups in total. The number of nitrogen functional groups attached to an aromatic ring is 1. The van der Waals surface area contributed by atoms with Gasteiger partial charge in [0.25, 0.3) is 11.5 Å². The second-order valence-corrected chi connectivity index (χ2v) is 4.74. The van der Waals surface area contributed by atoms with Crippen molar-refractivity contribution in [2.24, 2.45) is 5.84 Å². The third-order valence-electron chi connectivity index (χ3n) is 2.33. The van der Waals surface area contributed by atoms with Crippen LogP contribution in [-0.2, 0) is 13.1 Å². The molecule has 0 bridgehead atoms. The Morgan fingerprint density at radius 1 is 1.47 bits per heavy atom. The van der Waals surface area contributed by atoms with E-state index in [1.54, 1.807) is 0 Å². The van der Waals surface area contributed by atoms with Crippen molar-refractivity contribution in [3.8, 4) is 0 Å². The Kier molecular flexibility index (Phi) is 4.21. The molecule has 0 aliphatic heterocycles. The number of rotatable bonds is 4. The number of halogens is 1. The van der Waals surface area contributed by atoms with Crippen molar-refractivity contribution in [2.45, 2.75) is 13.1 Å². The summed E-state index contributed by atoms with van der Waals surface area (Å²) < 4.78 is 3.46. The smallest absolute Gasteiger partial charge is 0.287 e. The molecule has 2 heterocycles. The monoisotopic (exact) mass is 375 g/mol. The minimum atomic E-state index is -0.514. The average Bonchev–Trinajstić information content (AvgIpc) is 2.88. The second-order valence-electron chi connectivity index (χ2n) is 3.58. The number of nitrogens with zero attached hydrogens (tertiary/aromatic N) is 5. The largest absolute Gasteiger partial charge is 0.296 e. The van der Waals surface area contributed by atoms with Crippen LogP contribution >= 0.6 is 22.6 Å². The number of hydrogen-bond donors (Lipinski definition) is 2. The van der Waals surface area contributed by atoms with Gasteiger partial charge in [0.05, 0.1) is 22.6 Å². The number of carbonyl (C=O) groups is 1. The summed E-state index contributed by atoms with van der Waals surface area (Å²) in [7, 11) is 0. The molecule has 19 heavy (non-hydrogen) atoms. The van der Waals surface area contributed by atoms with Crippen LogP contribution in [0.1, 0.15) is 10.5 Å². The molecule has 1 amide bonds. The van der Waals surface area contributed by atoms with E-state index in [9.17, 15) is 9.59 Å². The van der Waals surface area contributed by atoms with Crippen LogP contribution in [0.25, 0.3) is 0 Å². The SMILES string of the molecule is NNC(=O)c1cn(CCn2cncc(I)c2=O)nn1. The van der Waals surface area contributed by atoms with Gasteiger partial charge in [0.15, 0.2) is 5.69 Å². The molecule has 0 aliphatic rings. The van der Waals surface area contributed by atoms with E-state index in [1.807, 2.05) is 28.0 Å². The quantitative estimate of drug-likeness (QED) is 0.298. The Balaban J connectivity index is 2.07. The van der Waals surface area contributed by atoms with E-state index in [-0.39, 0.29) is 11.3 Å². The van der Waals surface area contributed by atoms with Crippen LogP contribution in [0.15, 0.2) is 23.5 Å². The molecule has 0 atom stereocenters. The summed E-state index contributed by atoms with van der Waals surface area (Å²) >= 11 is 1.92. The Hall–Kier alpha value is -1.82. The van der Waals surface area contributed by atoms with Crippen LogP contribution in [0.5, 0.6) is 0 Å². The normalized spacial score (nSPS) is 10.4. The first-order valence-electron chi connectivity index (χ1n) is 5.23. The summed E-state index contributed by atoms with van der Waals surface area (Å²) in [6, 6.07) is 0. The second kappa shape index (κ2) is 5.88. The van der Waals surface area contributed by atoms with Gasteiger partial charge >= 0.3 is 0 Å². The zero-order valence-corrected chi connectivity index (χ0v) is 11.8. The highest BCUT2D eigenvalue weighted by Gasteiger charge is 2.09. The molecule has 0 spiro atoms. The van der Waals surface area contributed by atoms with Crippen LogP contribution in [0, 0.1) is 3.57 Å². The lowest BCUT2D eigenvalue weighted by atomic mass is 10.4. The molecule has 9 nitrogen and oxygen atoms in total. The summed E-state index contributed by atoms with van der Waals surface area (Å²) in [4.78, 5) is 26.9. The van der Waals surface area contributed by atoms with E-state index in [0.717, 1.165) is 0 Å². The highest BCUT2D eigenvalue weighted by molar-refractivity contribution is 14.1. The molecule has 10 heteroatoms. The molecule has 0 saturated carbocycles. The van der Waals surface area contributed by atoms with Gasteiger partial charge in [0.1, 0.15) is 0 Å². The van der Waals surface area contributed by atoms with Gasteiger partial charge in [-0.2, -0.15) is 0 Å². The van der Waals surface area contributed by atoms with Gasteiger partial charge in [0.2, 0.25) is 0 Å². The third kappa shape index (κ3) is 3.14. The number of hydrazine groups is 1. The standard InChI is InChI=1S/C9H10IN7O2/c10-6-3-12-5-16(9(6)19)1-2-17-4-7(14-15-17)8(18)13-11/h3-5H,1-2,11H2,(H,13,18). The van der Waals surface area contributed by atoms with Gasteiger partial charge in [-0.3, -0.25) is 19.6 Å². The van der Waals surface area contributed by atoms with Gasteiger partial charge < -0.3 is 0 Å². The average molecular weight is 375 g/mol. The Morgan fingerprint density at radius 3 is 3.00 bits per heavy atom. The number of nitrogens with one attached hydrogen (secondary N) is 1. The number of aromatic nitrogens is 5. The zero-order valence-electron chi connectivity index (χ0n) is 9.65. The molecular formula is C9H10IN7O2. The van der Waals surface area contributed by atoms with Crippen LogP contribution in [0.4, 0.5) is 0 Å². The minimum Gasteiger partial charge on any atom is -0.296 e. The molecule has 0 aliphatic carbocycles. The molecule has 100 valence electrons. The van der Waals surface area contributed by atoms with E-state index in [0.29, 0.717) is 16.7 Å². The minimum absolute atomic E-state index is 0.115. The lowest BCUT2D eigenvalue weighted by Gasteiger charge is -2.04. The summed E-state index contributed by atoms with van der Waals surface area (Å²) in [6.07, 6.45) is 4.40. The van der Waals surface area contributed by atoms with Gasteiger partial charge in [0, 0.05) is 12.7 Å². The van der Waals surface area contributed by atoms with Gasteiger partial charge in [-0.1, -0.05) is 5.21 Å². The fourth-order valence-corrected chi connectivity index (χ4v) is 1.85. The Labute approximate surface area is 120 Å². The highest BCUT2D eigenvalue weighted by Crippen LogP contribution is 1.95. The van der Waals surface area contributed by atoms with Crippen LogP contribution in [0.2, 0.25) is 0 Å². The van der Waals surface area contributed by atoms with Crippen molar-refractivity contribution in [1.29, 1.82) is 0 Å². The van der Waals surface area contributed by atoms with E-state index in [2.05, 4.69) is 15.3 Å². The van der Waals surface area contributed by atoms with Crippen molar-refractivity contribution in [3.63, 3.8) is 0 Å². The van der Waals surface area contributed by atoms with Crippen molar-refractivity contribution in [1.82, 2.24) is 30.0 Å². The molecule has 0 radical (unpaired) electrons. The van der Waals surface area contributed by atoms with Crippen molar-refractivity contribution >= 4 is 28.5 Å². The van der Waals surface area contributed by atoms with Crippen molar-refractivity contribution in [2.75, 3.05) is 0 Å². The van der Waals surface area contributed by atoms with E-state index >= 15 is 0 Å². The van der Waals surface area contributed by atoms with Crippen molar-refractivity contribution < 1.29 is 4.79 Å². The Morgan fingerprint density at radius 2 is 2.26 bits per heavy atom. The molecule has 2 rings (SSSR count). The van der Waals surface area contributed by atoms with Crippen molar-refractivity contribution in [3.05, 3.63) is 38.3 Å². The fourth-order valence-electron chi connectivity index (χ4n) is 1.38. The summed E-state index contributed by atoms with van der Waals surface area (Å²) in [6.45, 7) is 0.780. The summed E-state index contributed by atoms with van der Waals surface area (Å²) in [5.74, 6) is 4.47. The van der Waals surface area contributed by atoms with Crippen LogP contribution < -0.4 is 16.8 Å². The number of hydrogen-bond acceptors (Lipinski definition) is 6. The number of aryl methyl sites for hydroxylation is 2. The maximum Gasteiger partial charge on any atom is 0.287 e. The number of carbonyl (C=O) groups excluding carboxylic acids is 1. The Bertz CT molecular complexity index is 650. The highest BCUT2D eigenvalue weighted by atomic mass is 127. The van der Waals surface area contributed by atoms with Crippen LogP contribution in [-0.4, -0.2) is 30.5 Å². The lowest BCUT2D eigenvalue weighted by molar-refractivity contribution is 0.0948. The molecular weight excluding hydrogens is 365 g/mol. The number of amides is 1. The zero-order chi connectivity index (χ0) is 13.8. The van der Waals surface area contributed by atoms with Gasteiger partial charge in [-0.05, 0) is 22.6 Å². The lowest BCUT2D eigenvalue weighted by Crippen LogP contribution is -2.30.